The highest BCUT2D eigenvalue weighted by molar-refractivity contribution is 7.98. The highest BCUT2D eigenvalue weighted by Crippen LogP contribution is 2.47. The minimum Gasteiger partial charge on any atom is -0.391 e. The van der Waals surface area contributed by atoms with E-state index in [1.165, 1.54) is 0 Å². The Bertz CT molecular complexity index is 295. The predicted octanol–water partition coefficient (Wildman–Crippen LogP) is 3.85. The molecular formula is C15H27NOS. The molecule has 0 amide bonds. The van der Waals surface area contributed by atoms with Gasteiger partial charge in [-0.15, -0.1) is 0 Å². The molecule has 0 saturated heterocycles. The van der Waals surface area contributed by atoms with Gasteiger partial charge in [0.15, 0.2) is 0 Å². The largest absolute Gasteiger partial charge is 0.391 e. The van der Waals surface area contributed by atoms with Crippen molar-refractivity contribution in [2.75, 3.05) is 12.0 Å². The Balaban J connectivity index is 2.63. The van der Waals surface area contributed by atoms with Gasteiger partial charge in [-0.1, -0.05) is 20.8 Å². The quantitative estimate of drug-likeness (QED) is 0.843. The van der Waals surface area contributed by atoms with Gasteiger partial charge in [-0.05, 0) is 55.4 Å². The lowest BCUT2D eigenvalue weighted by molar-refractivity contribution is 0.00859. The maximum Gasteiger partial charge on any atom is 0.0832 e. The van der Waals surface area contributed by atoms with Crippen LogP contribution in [0.25, 0.3) is 0 Å². The summed E-state index contributed by atoms with van der Waals surface area (Å²) in [5.74, 6) is 1.62. The second-order valence-electron chi connectivity index (χ2n) is 6.71. The van der Waals surface area contributed by atoms with Gasteiger partial charge in [0.25, 0.3) is 0 Å². The molecule has 1 N–H and O–H groups in total. The molecule has 0 radical (unpaired) electrons. The van der Waals surface area contributed by atoms with E-state index in [0.29, 0.717) is 11.3 Å². The zero-order valence-corrected chi connectivity index (χ0v) is 13.0. The van der Waals surface area contributed by atoms with Crippen LogP contribution in [0.5, 0.6) is 0 Å². The molecule has 0 heterocycles. The number of nitrogens with zero attached hydrogens (tertiary/aromatic N) is 1. The first-order valence-electron chi connectivity index (χ1n) is 6.94. The molecule has 2 nitrogen and oxygen atoms in total. The van der Waals surface area contributed by atoms with Crippen molar-refractivity contribution < 1.29 is 5.11 Å². The van der Waals surface area contributed by atoms with E-state index in [1.54, 1.807) is 11.8 Å². The fourth-order valence-corrected chi connectivity index (χ4v) is 3.48. The third-order valence-electron chi connectivity index (χ3n) is 4.56. The van der Waals surface area contributed by atoms with Crippen LogP contribution in [-0.4, -0.2) is 23.2 Å². The zero-order chi connectivity index (χ0) is 13.8. The predicted molar refractivity (Wildman–Crippen MR) is 78.5 cm³/mol. The Hall–Kier alpha value is -0.200. The van der Waals surface area contributed by atoms with E-state index in [0.717, 1.165) is 37.9 Å². The van der Waals surface area contributed by atoms with Crippen LogP contribution in [0.3, 0.4) is 0 Å². The first-order valence-corrected chi connectivity index (χ1v) is 8.33. The topological polar surface area (TPSA) is 44.0 Å². The van der Waals surface area contributed by atoms with E-state index < -0.39 is 11.5 Å². The molecule has 1 aliphatic rings. The van der Waals surface area contributed by atoms with Gasteiger partial charge >= 0.3 is 0 Å². The van der Waals surface area contributed by atoms with Crippen LogP contribution in [0.1, 0.15) is 52.9 Å². The average Bonchev–Trinajstić information content (AvgIpc) is 2.34. The average molecular weight is 269 g/mol. The van der Waals surface area contributed by atoms with Gasteiger partial charge < -0.3 is 5.11 Å². The molecule has 0 aromatic carbocycles. The summed E-state index contributed by atoms with van der Waals surface area (Å²) < 4.78 is 0. The molecule has 104 valence electrons. The summed E-state index contributed by atoms with van der Waals surface area (Å²) in [5, 5.41) is 19.8. The highest BCUT2D eigenvalue weighted by Gasteiger charge is 2.43. The number of hydrogen-bond donors (Lipinski definition) is 1. The van der Waals surface area contributed by atoms with Gasteiger partial charge in [0.1, 0.15) is 0 Å². The monoisotopic (exact) mass is 269 g/mol. The highest BCUT2D eigenvalue weighted by atomic mass is 32.2. The van der Waals surface area contributed by atoms with E-state index in [1.807, 2.05) is 6.26 Å². The molecular weight excluding hydrogens is 242 g/mol. The molecule has 0 spiro atoms. The zero-order valence-electron chi connectivity index (χ0n) is 12.2. The summed E-state index contributed by atoms with van der Waals surface area (Å²) in [5.41, 5.74) is -0.149. The number of thioether (sulfide) groups is 1. The van der Waals surface area contributed by atoms with Crippen LogP contribution < -0.4 is 0 Å². The van der Waals surface area contributed by atoms with Crippen LogP contribution in [0.2, 0.25) is 0 Å². The Morgan fingerprint density at radius 1 is 1.39 bits per heavy atom. The van der Waals surface area contributed by atoms with Crippen molar-refractivity contribution in [3.8, 4) is 6.07 Å². The van der Waals surface area contributed by atoms with Crippen molar-refractivity contribution in [1.82, 2.24) is 0 Å². The van der Waals surface area contributed by atoms with E-state index in [4.69, 9.17) is 0 Å². The summed E-state index contributed by atoms with van der Waals surface area (Å²) in [4.78, 5) is 0. The van der Waals surface area contributed by atoms with Crippen molar-refractivity contribution in [2.45, 2.75) is 59.0 Å². The van der Waals surface area contributed by atoms with Gasteiger partial charge in [-0.2, -0.15) is 17.0 Å². The third-order valence-corrected chi connectivity index (χ3v) is 5.20. The van der Waals surface area contributed by atoms with E-state index in [9.17, 15) is 10.4 Å². The molecule has 0 aromatic rings. The molecule has 0 aromatic heterocycles. The molecule has 0 bridgehead atoms. The van der Waals surface area contributed by atoms with Gasteiger partial charge in [-0.25, -0.2) is 0 Å². The summed E-state index contributed by atoms with van der Waals surface area (Å²) in [6.45, 7) is 6.84. The standard InChI is InChI=1S/C15H27NOS/c1-14(2,3)12-5-8-15(11-16,9-6-12)13(17)7-10-18-4/h12-13,17H,5-10H2,1-4H3. The summed E-state index contributed by atoms with van der Waals surface area (Å²) in [6, 6.07) is 2.44. The first kappa shape index (κ1) is 15.9. The summed E-state index contributed by atoms with van der Waals surface area (Å²) in [6.07, 6.45) is 6.22. The maximum atomic E-state index is 10.3. The minimum atomic E-state index is -0.475. The second kappa shape index (κ2) is 6.30. The number of nitriles is 1. The molecule has 18 heavy (non-hydrogen) atoms. The SMILES string of the molecule is CSCCC(O)C1(C#N)CCC(C(C)(C)C)CC1. The van der Waals surface area contributed by atoms with Crippen LogP contribution in [0, 0.1) is 28.1 Å². The summed E-state index contributed by atoms with van der Waals surface area (Å²) >= 11 is 1.74. The molecule has 1 atom stereocenters. The fraction of sp³-hybridized carbons (Fsp3) is 0.933. The van der Waals surface area contributed by atoms with Gasteiger partial charge in [-0.3, -0.25) is 0 Å². The molecule has 1 aliphatic carbocycles. The van der Waals surface area contributed by atoms with Crippen molar-refractivity contribution >= 4 is 11.8 Å². The Morgan fingerprint density at radius 2 is 1.94 bits per heavy atom. The number of hydrogen-bond acceptors (Lipinski definition) is 3. The lowest BCUT2D eigenvalue weighted by atomic mass is 9.62. The van der Waals surface area contributed by atoms with Crippen molar-refractivity contribution in [3.05, 3.63) is 0 Å². The van der Waals surface area contributed by atoms with Crippen molar-refractivity contribution in [2.24, 2.45) is 16.7 Å². The Labute approximate surface area is 116 Å². The molecule has 3 heteroatoms. The van der Waals surface area contributed by atoms with Gasteiger partial charge in [0.05, 0.1) is 17.6 Å². The summed E-state index contributed by atoms with van der Waals surface area (Å²) in [7, 11) is 0. The maximum absolute atomic E-state index is 10.3. The number of aliphatic hydroxyl groups is 1. The van der Waals surface area contributed by atoms with E-state index in [2.05, 4.69) is 26.8 Å². The lowest BCUT2D eigenvalue weighted by Crippen LogP contribution is -2.40. The van der Waals surface area contributed by atoms with E-state index >= 15 is 0 Å². The van der Waals surface area contributed by atoms with Crippen LogP contribution in [0.4, 0.5) is 0 Å². The van der Waals surface area contributed by atoms with Crippen molar-refractivity contribution in [3.63, 3.8) is 0 Å². The van der Waals surface area contributed by atoms with E-state index in [-0.39, 0.29) is 0 Å². The molecule has 0 aliphatic heterocycles. The smallest absolute Gasteiger partial charge is 0.0832 e. The second-order valence-corrected chi connectivity index (χ2v) is 7.69. The molecule has 1 saturated carbocycles. The van der Waals surface area contributed by atoms with Crippen LogP contribution >= 0.6 is 11.8 Å². The van der Waals surface area contributed by atoms with Crippen LogP contribution in [-0.2, 0) is 0 Å². The lowest BCUT2D eigenvalue weighted by Gasteiger charge is -2.42. The van der Waals surface area contributed by atoms with Crippen molar-refractivity contribution in [1.29, 1.82) is 5.26 Å². The Morgan fingerprint density at radius 3 is 2.33 bits per heavy atom. The third kappa shape index (κ3) is 3.65. The molecule has 1 fully saturated rings. The fourth-order valence-electron chi connectivity index (χ4n) is 3.02. The van der Waals surface area contributed by atoms with Gasteiger partial charge in [0, 0.05) is 0 Å². The van der Waals surface area contributed by atoms with Gasteiger partial charge in [0.2, 0.25) is 0 Å². The number of aliphatic hydroxyl groups excluding tert-OH is 1. The van der Waals surface area contributed by atoms with Crippen LogP contribution in [0.15, 0.2) is 0 Å². The normalized spacial score (nSPS) is 30.8. The molecule has 1 unspecified atom stereocenters. The Kier molecular flexibility index (Phi) is 5.55. The number of rotatable bonds is 4. The minimum absolute atomic E-state index is 0.325. The molecule has 1 rings (SSSR count). The first-order chi connectivity index (χ1) is 8.35.